The number of nitrogens with zero attached hydrogens (tertiary/aromatic N) is 3. The number of azide groups is 1. The maximum absolute atomic E-state index is 10.1. The Balaban J connectivity index is 0.00000312. The average Bonchev–Trinajstić information content (AvgIpc) is 2.58. The minimum absolute atomic E-state index is 0. The Kier molecular flexibility index (Phi) is 10.7. The first-order valence-electron chi connectivity index (χ1n) is 7.47. The molecule has 1 aromatic carbocycles. The summed E-state index contributed by atoms with van der Waals surface area (Å²) in [6.45, 7) is 4.09. The van der Waals surface area contributed by atoms with Crippen LogP contribution in [0.4, 0.5) is 5.69 Å². The van der Waals surface area contributed by atoms with E-state index in [1.807, 2.05) is 6.92 Å². The van der Waals surface area contributed by atoms with E-state index in [4.69, 9.17) is 15.0 Å². The third-order valence-electron chi connectivity index (χ3n) is 3.48. The van der Waals surface area contributed by atoms with Gasteiger partial charge in [0.2, 0.25) is 0 Å². The van der Waals surface area contributed by atoms with Crippen LogP contribution in [0.3, 0.4) is 0 Å². The quantitative estimate of drug-likeness (QED) is 0.133. The second-order valence-corrected chi connectivity index (χ2v) is 5.95. The van der Waals surface area contributed by atoms with Gasteiger partial charge in [0.25, 0.3) is 0 Å². The van der Waals surface area contributed by atoms with Gasteiger partial charge < -0.3 is 14.7 Å². The summed E-state index contributed by atoms with van der Waals surface area (Å²) in [4.78, 5) is 3.28. The van der Waals surface area contributed by atoms with Gasteiger partial charge in [-0.25, -0.2) is 0 Å². The molecule has 3 atom stereocenters. The van der Waals surface area contributed by atoms with Crippen molar-refractivity contribution in [1.29, 1.82) is 0 Å². The maximum Gasteiger partial charge on any atom is 1.00 e. The van der Waals surface area contributed by atoms with E-state index in [0.29, 0.717) is 10.6 Å². The fourth-order valence-corrected chi connectivity index (χ4v) is 2.87. The molecular weight excluding hydrogens is 357 g/mol. The van der Waals surface area contributed by atoms with Crippen molar-refractivity contribution < 1.29 is 53.7 Å². The molecule has 0 saturated carbocycles. The summed E-state index contributed by atoms with van der Waals surface area (Å²) in [6.07, 6.45) is 5.24. The van der Waals surface area contributed by atoms with Gasteiger partial charge >= 0.3 is 29.6 Å². The van der Waals surface area contributed by atoms with Crippen LogP contribution in [0, 0.1) is 0 Å². The van der Waals surface area contributed by atoms with Gasteiger partial charge in [-0.1, -0.05) is 30.2 Å². The zero-order valence-electron chi connectivity index (χ0n) is 14.3. The zero-order valence-corrected chi connectivity index (χ0v) is 17.1. The Hall–Kier alpha value is -0.580. The van der Waals surface area contributed by atoms with Crippen LogP contribution in [-0.4, -0.2) is 18.5 Å². The van der Waals surface area contributed by atoms with Crippen molar-refractivity contribution in [2.24, 2.45) is 5.11 Å². The van der Waals surface area contributed by atoms with Crippen LogP contribution in [0.15, 0.2) is 34.3 Å². The van der Waals surface area contributed by atoms with Gasteiger partial charge in [0.05, 0.1) is 24.3 Å². The van der Waals surface area contributed by atoms with Gasteiger partial charge in [-0.3, -0.25) is 5.04 Å². The zero-order chi connectivity index (χ0) is 17.4. The SMILES string of the molecule is CCC1CC(C)OC(C=Cc2ccc(N=[N+]=[N-])cc2SOO[O-])O1.[Na+]. The molecule has 1 saturated heterocycles. The topological polar surface area (TPSA) is 109 Å². The number of rotatable bonds is 7. The Morgan fingerprint density at radius 2 is 2.28 bits per heavy atom. The molecule has 0 bridgehead atoms. The Bertz CT molecular complexity index is 627. The molecule has 1 heterocycles. The third kappa shape index (κ3) is 7.28. The van der Waals surface area contributed by atoms with Crippen molar-refractivity contribution >= 4 is 23.8 Å². The summed E-state index contributed by atoms with van der Waals surface area (Å²) in [7, 11) is 0. The average molecular weight is 375 g/mol. The van der Waals surface area contributed by atoms with Crippen LogP contribution in [0.1, 0.15) is 32.3 Å². The Labute approximate surface area is 172 Å². The summed E-state index contributed by atoms with van der Waals surface area (Å²) >= 11 is 0.728. The number of ether oxygens (including phenoxy) is 2. The summed E-state index contributed by atoms with van der Waals surface area (Å²) in [5.74, 6) is 0. The molecule has 0 aliphatic carbocycles. The molecule has 3 unspecified atom stereocenters. The monoisotopic (exact) mass is 375 g/mol. The molecule has 1 aliphatic rings. The minimum atomic E-state index is -0.440. The Morgan fingerprint density at radius 3 is 2.96 bits per heavy atom. The van der Waals surface area contributed by atoms with Crippen molar-refractivity contribution in [3.63, 3.8) is 0 Å². The van der Waals surface area contributed by atoms with E-state index in [-0.39, 0.29) is 41.8 Å². The summed E-state index contributed by atoms with van der Waals surface area (Å²) in [5, 5.41) is 16.9. The molecule has 0 radical (unpaired) electrons. The Morgan fingerprint density at radius 1 is 1.48 bits per heavy atom. The second-order valence-electron chi connectivity index (χ2n) is 5.21. The molecule has 0 spiro atoms. The fourth-order valence-electron chi connectivity index (χ4n) is 2.37. The first-order chi connectivity index (χ1) is 11.7. The molecule has 1 fully saturated rings. The normalized spacial score (nSPS) is 23.1. The predicted octanol–water partition coefficient (Wildman–Crippen LogP) is 0.806. The van der Waals surface area contributed by atoms with Crippen LogP contribution < -0.4 is 34.8 Å². The standard InChI is InChI=1S/C15H19N3O5S.Na/c1-3-13-8-10(2)20-15(21-13)7-5-11-4-6-12(17-18-16)9-14(11)24-23-22-19;/h4-7,9-10,13,15,19H,3,8H2,1-2H3;/q;+1/p-1. The van der Waals surface area contributed by atoms with Crippen molar-refractivity contribution in [3.8, 4) is 0 Å². The third-order valence-corrected chi connectivity index (χ3v) is 4.14. The van der Waals surface area contributed by atoms with Crippen LogP contribution in [0.2, 0.25) is 0 Å². The van der Waals surface area contributed by atoms with Gasteiger partial charge in [0.1, 0.15) is 0 Å². The smallest absolute Gasteiger partial charge is 0.691 e. The van der Waals surface area contributed by atoms with Crippen LogP contribution in [0.5, 0.6) is 0 Å². The van der Waals surface area contributed by atoms with Gasteiger partial charge in [0, 0.05) is 15.5 Å². The van der Waals surface area contributed by atoms with E-state index >= 15 is 0 Å². The van der Waals surface area contributed by atoms with Gasteiger partial charge in [-0.15, -0.1) is 0 Å². The molecule has 130 valence electrons. The van der Waals surface area contributed by atoms with E-state index in [2.05, 4.69) is 26.3 Å². The molecule has 1 aromatic rings. The van der Waals surface area contributed by atoms with E-state index in [1.54, 1.807) is 30.4 Å². The first kappa shape index (κ1) is 22.5. The molecule has 0 N–H and O–H groups in total. The van der Waals surface area contributed by atoms with Crippen molar-refractivity contribution in [2.75, 3.05) is 0 Å². The largest absolute Gasteiger partial charge is 1.00 e. The van der Waals surface area contributed by atoms with Gasteiger partial charge in [-0.05, 0) is 43.0 Å². The molecule has 0 aromatic heterocycles. The first-order valence-corrected chi connectivity index (χ1v) is 8.21. The van der Waals surface area contributed by atoms with E-state index in [9.17, 15) is 5.26 Å². The van der Waals surface area contributed by atoms with Crippen LogP contribution in [0.25, 0.3) is 16.5 Å². The minimum Gasteiger partial charge on any atom is -0.691 e. The summed E-state index contributed by atoms with van der Waals surface area (Å²) < 4.78 is 15.9. The molecule has 25 heavy (non-hydrogen) atoms. The summed E-state index contributed by atoms with van der Waals surface area (Å²) in [6, 6.07) is 4.98. The number of hydrogen-bond donors (Lipinski definition) is 0. The fraction of sp³-hybridized carbons (Fsp3) is 0.467. The molecule has 1 aliphatic heterocycles. The van der Waals surface area contributed by atoms with Gasteiger partial charge in [0.15, 0.2) is 6.29 Å². The predicted molar refractivity (Wildman–Crippen MR) is 86.4 cm³/mol. The van der Waals surface area contributed by atoms with Crippen molar-refractivity contribution in [2.45, 2.75) is 50.1 Å². The maximum atomic E-state index is 10.1. The van der Waals surface area contributed by atoms with Gasteiger partial charge in [-0.2, -0.15) is 4.33 Å². The van der Waals surface area contributed by atoms with Crippen molar-refractivity contribution in [1.82, 2.24) is 0 Å². The van der Waals surface area contributed by atoms with Crippen LogP contribution in [-0.2, 0) is 18.8 Å². The summed E-state index contributed by atoms with van der Waals surface area (Å²) in [5.41, 5.74) is 9.64. The van der Waals surface area contributed by atoms with Crippen LogP contribution >= 0.6 is 12.0 Å². The molecule has 8 nitrogen and oxygen atoms in total. The molecule has 10 heteroatoms. The van der Waals surface area contributed by atoms with E-state index in [0.717, 1.165) is 30.4 Å². The number of hydrogen-bond acceptors (Lipinski definition) is 7. The molecule has 0 amide bonds. The molecular formula is C15H18N3NaO5S. The molecule has 2 rings (SSSR count). The van der Waals surface area contributed by atoms with E-state index in [1.165, 1.54) is 0 Å². The van der Waals surface area contributed by atoms with E-state index < -0.39 is 6.29 Å². The second kappa shape index (κ2) is 11.9. The van der Waals surface area contributed by atoms with Crippen molar-refractivity contribution in [3.05, 3.63) is 40.3 Å². The number of benzene rings is 1.